The van der Waals surface area contributed by atoms with Gasteiger partial charge in [0.25, 0.3) is 5.79 Å². The van der Waals surface area contributed by atoms with Crippen molar-refractivity contribution in [2.24, 2.45) is 27.6 Å². The summed E-state index contributed by atoms with van der Waals surface area (Å²) in [7, 11) is -1.24. The molecule has 0 aromatic heterocycles. The van der Waals surface area contributed by atoms with Crippen LogP contribution in [0.25, 0.3) is 32.7 Å². The van der Waals surface area contributed by atoms with Crippen LogP contribution < -0.4 is 13.7 Å². The second-order valence-corrected chi connectivity index (χ2v) is 19.0. The minimum atomic E-state index is -4.45. The molecular formula is C42H48O9S. The van der Waals surface area contributed by atoms with Gasteiger partial charge < -0.3 is 18.4 Å². The maximum Gasteiger partial charge on any atom is 0.310 e. The van der Waals surface area contributed by atoms with Gasteiger partial charge in [-0.3, -0.25) is 4.79 Å². The summed E-state index contributed by atoms with van der Waals surface area (Å²) in [5.74, 6) is -0.681. The molecule has 0 radical (unpaired) electrons. The highest BCUT2D eigenvalue weighted by Gasteiger charge is 2.82. The monoisotopic (exact) mass is 728 g/mol. The maximum absolute atomic E-state index is 14.8. The minimum Gasteiger partial charge on any atom is -0.497 e. The van der Waals surface area contributed by atoms with E-state index in [2.05, 4.69) is 34.6 Å². The van der Waals surface area contributed by atoms with Crippen LogP contribution >= 0.6 is 0 Å². The molecule has 4 aliphatic rings. The van der Waals surface area contributed by atoms with E-state index < -0.39 is 48.9 Å². The normalized spacial score (nSPS) is 28.9. The second-order valence-electron chi connectivity index (χ2n) is 17.4. The number of rotatable bonds is 8. The van der Waals surface area contributed by atoms with E-state index in [-0.39, 0.29) is 24.1 Å². The third-order valence-electron chi connectivity index (χ3n) is 13.2. The number of Topliss-reactive ketones (excluding diaryl/α,β-unsaturated/α-hetero) is 1. The molecule has 2 saturated carbocycles. The fourth-order valence-corrected chi connectivity index (χ4v) is 12.3. The van der Waals surface area contributed by atoms with Crippen LogP contribution in [0.2, 0.25) is 0 Å². The molecule has 2 saturated heterocycles. The molecule has 2 unspecified atom stereocenters. The molecule has 10 heteroatoms. The number of ketones is 1. The minimum absolute atomic E-state index is 0.00959. The number of fused-ring (bicyclic) bond motifs is 5. The summed E-state index contributed by atoms with van der Waals surface area (Å²) in [6.45, 7) is 14.7. The third-order valence-corrected chi connectivity index (χ3v) is 14.4. The Morgan fingerprint density at radius 3 is 2.21 bits per heavy atom. The zero-order chi connectivity index (χ0) is 37.3. The quantitative estimate of drug-likeness (QED) is 0.130. The molecule has 2 aliphatic carbocycles. The van der Waals surface area contributed by atoms with Gasteiger partial charge in [-0.15, -0.1) is 0 Å². The largest absolute Gasteiger partial charge is 0.497 e. The third kappa shape index (κ3) is 4.44. The van der Waals surface area contributed by atoms with Gasteiger partial charge in [-0.1, -0.05) is 78.8 Å². The summed E-state index contributed by atoms with van der Waals surface area (Å²) in [5.41, 5.74) is -2.22. The molecule has 8 rings (SSSR count). The fraction of sp³-hybridized carbons (Fsp3) is 0.500. The Morgan fingerprint density at radius 2 is 1.60 bits per heavy atom. The van der Waals surface area contributed by atoms with E-state index in [9.17, 15) is 13.2 Å². The summed E-state index contributed by atoms with van der Waals surface area (Å²) < 4.78 is 54.8. The Kier molecular flexibility index (Phi) is 7.59. The van der Waals surface area contributed by atoms with E-state index in [1.54, 1.807) is 14.2 Å². The number of carbonyl (C=O) groups is 1. The molecule has 0 spiro atoms. The van der Waals surface area contributed by atoms with E-state index in [1.807, 2.05) is 74.5 Å². The summed E-state index contributed by atoms with van der Waals surface area (Å²) in [6, 6.07) is 19.3. The standard InChI is InChI=1S/C42H48O9S/c1-37(2,3)42-38(4,5)23-48-41(42,50-51-42)31-21-26-20-28(46-8)15-16-30(26)35(34-29-13-11-10-12-25(29)14-17-32(34)47-9)36(31)49-52(44,45)24-40-19-18-27(22-33(40)43)39(40,6)7/h10-17,20-21,27H,18-19,22-24H2,1-9H3/t27-,40+,41?,42?/m0/s1. The van der Waals surface area contributed by atoms with Crippen molar-refractivity contribution in [2.75, 3.05) is 26.6 Å². The predicted molar refractivity (Wildman–Crippen MR) is 199 cm³/mol. The maximum atomic E-state index is 14.8. The number of hydrogen-bond acceptors (Lipinski definition) is 9. The molecule has 4 aromatic rings. The number of methoxy groups -OCH3 is 2. The van der Waals surface area contributed by atoms with Gasteiger partial charge in [0.1, 0.15) is 17.3 Å². The Hall–Kier alpha value is -3.70. The molecule has 2 aliphatic heterocycles. The first-order valence-electron chi connectivity index (χ1n) is 18.1. The average Bonchev–Trinajstić information content (AvgIpc) is 3.48. The van der Waals surface area contributed by atoms with Crippen LogP contribution in [0.1, 0.15) is 73.3 Å². The van der Waals surface area contributed by atoms with Crippen molar-refractivity contribution in [3.8, 4) is 28.4 Å². The molecule has 52 heavy (non-hydrogen) atoms. The fourth-order valence-electron chi connectivity index (χ4n) is 10.5. The highest BCUT2D eigenvalue weighted by molar-refractivity contribution is 7.87. The van der Waals surface area contributed by atoms with Crippen LogP contribution in [-0.2, 0) is 35.2 Å². The lowest BCUT2D eigenvalue weighted by Crippen LogP contribution is -2.73. The van der Waals surface area contributed by atoms with Crippen molar-refractivity contribution in [1.82, 2.24) is 0 Å². The lowest BCUT2D eigenvalue weighted by atomic mass is 9.57. The van der Waals surface area contributed by atoms with Crippen LogP contribution in [-0.4, -0.2) is 46.4 Å². The van der Waals surface area contributed by atoms with E-state index in [0.29, 0.717) is 46.4 Å². The Morgan fingerprint density at radius 1 is 0.865 bits per heavy atom. The summed E-state index contributed by atoms with van der Waals surface area (Å²) in [4.78, 5) is 26.1. The number of benzene rings is 4. The van der Waals surface area contributed by atoms with Crippen LogP contribution in [0.3, 0.4) is 0 Å². The summed E-state index contributed by atoms with van der Waals surface area (Å²) in [6.07, 6.45) is 1.70. The summed E-state index contributed by atoms with van der Waals surface area (Å²) >= 11 is 0. The van der Waals surface area contributed by atoms with Crippen LogP contribution in [0, 0.1) is 27.6 Å². The highest BCUT2D eigenvalue weighted by Crippen LogP contribution is 2.71. The second kappa shape index (κ2) is 11.2. The van der Waals surface area contributed by atoms with Gasteiger partial charge in [0.05, 0.1) is 37.6 Å². The molecule has 276 valence electrons. The average molecular weight is 729 g/mol. The molecule has 0 N–H and O–H groups in total. The highest BCUT2D eigenvalue weighted by atomic mass is 32.2. The molecule has 4 fully saturated rings. The Balaban J connectivity index is 1.48. The zero-order valence-electron chi connectivity index (χ0n) is 31.5. The SMILES string of the molecule is COc1ccc2c(-c3c(OC)ccc4ccccc34)c(OS(=O)(=O)C[C@]34CC[C@@H](CC3=O)C4(C)C)c(C34OCC(C)(C)C3(C(C)(C)C)OO4)cc2c1. The first-order chi connectivity index (χ1) is 24.4. The van der Waals surface area contributed by atoms with Crippen molar-refractivity contribution >= 4 is 37.4 Å². The van der Waals surface area contributed by atoms with Crippen molar-refractivity contribution in [1.29, 1.82) is 0 Å². The van der Waals surface area contributed by atoms with Gasteiger partial charge in [-0.25, -0.2) is 4.89 Å². The number of ether oxygens (including phenoxy) is 3. The first kappa shape index (κ1) is 35.3. The van der Waals surface area contributed by atoms with Crippen LogP contribution in [0.5, 0.6) is 17.2 Å². The van der Waals surface area contributed by atoms with Crippen molar-refractivity contribution in [3.63, 3.8) is 0 Å². The summed E-state index contributed by atoms with van der Waals surface area (Å²) in [5, 5.41) is 3.21. The lowest BCUT2D eigenvalue weighted by molar-refractivity contribution is -0.626. The van der Waals surface area contributed by atoms with Crippen LogP contribution in [0.4, 0.5) is 0 Å². The van der Waals surface area contributed by atoms with E-state index in [0.717, 1.165) is 22.6 Å². The van der Waals surface area contributed by atoms with Gasteiger partial charge in [-0.2, -0.15) is 13.3 Å². The van der Waals surface area contributed by atoms with Gasteiger partial charge in [-0.05, 0) is 76.1 Å². The van der Waals surface area contributed by atoms with Gasteiger partial charge in [0.2, 0.25) is 0 Å². The van der Waals surface area contributed by atoms with Crippen molar-refractivity contribution in [3.05, 3.63) is 66.2 Å². The molecule has 4 aromatic carbocycles. The van der Waals surface area contributed by atoms with E-state index in [4.69, 9.17) is 28.2 Å². The molecule has 9 nitrogen and oxygen atoms in total. The van der Waals surface area contributed by atoms with E-state index >= 15 is 0 Å². The number of hydrogen-bond donors (Lipinski definition) is 0. The van der Waals surface area contributed by atoms with Crippen molar-refractivity contribution < 1.29 is 41.4 Å². The molecule has 4 atom stereocenters. The zero-order valence-corrected chi connectivity index (χ0v) is 32.3. The molecule has 0 amide bonds. The van der Waals surface area contributed by atoms with Gasteiger partial charge >= 0.3 is 10.1 Å². The lowest BCUT2D eigenvalue weighted by Gasteiger charge is -2.61. The smallest absolute Gasteiger partial charge is 0.310 e. The van der Waals surface area contributed by atoms with Gasteiger partial charge in [0.15, 0.2) is 11.4 Å². The van der Waals surface area contributed by atoms with E-state index in [1.165, 1.54) is 0 Å². The Labute approximate surface area is 305 Å². The topological polar surface area (TPSA) is 107 Å². The predicted octanol–water partition coefficient (Wildman–Crippen LogP) is 8.74. The molecule has 2 bridgehead atoms. The van der Waals surface area contributed by atoms with Gasteiger partial charge in [0, 0.05) is 28.4 Å². The van der Waals surface area contributed by atoms with Crippen LogP contribution in [0.15, 0.2) is 60.7 Å². The molecule has 2 heterocycles. The Bertz CT molecular complexity index is 2270. The number of carbonyl (C=O) groups excluding carboxylic acids is 1. The van der Waals surface area contributed by atoms with Crippen molar-refractivity contribution in [2.45, 2.75) is 79.1 Å². The first-order valence-corrected chi connectivity index (χ1v) is 19.6. The molecular weight excluding hydrogens is 681 g/mol.